The number of aliphatic carboxylic acids is 1. The van der Waals surface area contributed by atoms with Gasteiger partial charge in [-0.1, -0.05) is 51.2 Å². The lowest BCUT2D eigenvalue weighted by Crippen LogP contribution is -2.71. The maximum atomic E-state index is 13.4. The first-order valence-electron chi connectivity index (χ1n) is 11.8. The van der Waals surface area contributed by atoms with Crippen LogP contribution in [0, 0.1) is 0 Å². The van der Waals surface area contributed by atoms with Crippen LogP contribution in [0.5, 0.6) is 0 Å². The maximum Gasteiger partial charge on any atom is 0.352 e. The number of oxime groups is 1. The van der Waals surface area contributed by atoms with Crippen LogP contribution in [0.1, 0.15) is 26.5 Å². The van der Waals surface area contributed by atoms with Crippen LogP contribution < -0.4 is 10.6 Å². The molecule has 0 bridgehead atoms. The van der Waals surface area contributed by atoms with Gasteiger partial charge in [-0.05, 0) is 26.3 Å². The standard InChI is InChI=1S/C22H22ClN7O8S4/c1-22(2,3)38-10(32)4-37-29-12(11-15(23)42-20(27-11)24-7-31)16(33)26-13-17(34)30-14(19(35)36)9(5-39-18(13)30)6-40-21-28-25-8-41-21/h7-8,13,18H,4-6H2,1-3H3,(H,26,33)(H,35,36)(H,24,27,31)/t13?,18-/m1/s1. The Balaban J connectivity index is 1.51. The summed E-state index contributed by atoms with van der Waals surface area (Å²) in [6.45, 7) is 4.35. The highest BCUT2D eigenvalue weighted by molar-refractivity contribution is 8.01. The number of amides is 3. The van der Waals surface area contributed by atoms with Gasteiger partial charge in [-0.2, -0.15) is 0 Å². The molecule has 1 fully saturated rings. The molecule has 0 aliphatic carbocycles. The Bertz CT molecular complexity index is 1460. The van der Waals surface area contributed by atoms with Crippen LogP contribution >= 0.6 is 57.8 Å². The topological polar surface area (TPSA) is 202 Å². The zero-order chi connectivity index (χ0) is 30.6. The summed E-state index contributed by atoms with van der Waals surface area (Å²) in [5.74, 6) is -3.00. The lowest BCUT2D eigenvalue weighted by Gasteiger charge is -2.49. The number of nitrogens with zero attached hydrogens (tertiary/aromatic N) is 5. The van der Waals surface area contributed by atoms with Gasteiger partial charge in [0, 0.05) is 11.5 Å². The predicted octanol–water partition coefficient (Wildman–Crippen LogP) is 1.81. The number of hydrogen-bond acceptors (Lipinski definition) is 15. The number of fused-ring (bicyclic) bond motifs is 1. The summed E-state index contributed by atoms with van der Waals surface area (Å²) < 4.78 is 5.78. The number of carbonyl (C=O) groups is 5. The van der Waals surface area contributed by atoms with Gasteiger partial charge in [0.05, 0.1) is 0 Å². The van der Waals surface area contributed by atoms with E-state index in [4.69, 9.17) is 21.2 Å². The minimum absolute atomic E-state index is 0.0311. The number of nitrogens with one attached hydrogen (secondary N) is 2. The van der Waals surface area contributed by atoms with Crippen LogP contribution in [0.4, 0.5) is 5.13 Å². The average molecular weight is 676 g/mol. The third-order valence-electron chi connectivity index (χ3n) is 5.21. The van der Waals surface area contributed by atoms with E-state index in [0.29, 0.717) is 27.8 Å². The van der Waals surface area contributed by atoms with E-state index in [1.165, 1.54) is 34.9 Å². The molecule has 1 saturated heterocycles. The molecule has 2 aromatic heterocycles. The fourth-order valence-corrected chi connectivity index (χ4v) is 7.63. The minimum atomic E-state index is -1.27. The normalized spacial score (nSPS) is 18.6. The first-order valence-corrected chi connectivity index (χ1v) is 15.9. The zero-order valence-electron chi connectivity index (χ0n) is 22.0. The van der Waals surface area contributed by atoms with Gasteiger partial charge in [0.15, 0.2) is 15.2 Å². The Morgan fingerprint density at radius 1 is 1.36 bits per heavy atom. The fraction of sp³-hybridized carbons (Fsp3) is 0.409. The van der Waals surface area contributed by atoms with E-state index >= 15 is 0 Å². The van der Waals surface area contributed by atoms with E-state index in [1.54, 1.807) is 26.3 Å². The molecule has 0 saturated carbocycles. The van der Waals surface area contributed by atoms with E-state index in [1.807, 2.05) is 0 Å². The molecule has 15 nitrogen and oxygen atoms in total. The van der Waals surface area contributed by atoms with Gasteiger partial charge in [0.1, 0.15) is 38.3 Å². The van der Waals surface area contributed by atoms with Gasteiger partial charge in [0.2, 0.25) is 13.0 Å². The lowest BCUT2D eigenvalue weighted by atomic mass is 10.0. The van der Waals surface area contributed by atoms with Crippen molar-refractivity contribution in [3.05, 3.63) is 26.8 Å². The lowest BCUT2D eigenvalue weighted by molar-refractivity contribution is -0.160. The van der Waals surface area contributed by atoms with E-state index < -0.39 is 53.1 Å². The molecule has 1 unspecified atom stereocenters. The number of carboxylic acids is 1. The number of carboxylic acid groups (broad SMARTS) is 1. The third-order valence-corrected chi connectivity index (χ3v) is 9.68. The number of hydrogen-bond donors (Lipinski definition) is 3. The number of halogens is 1. The molecule has 4 heterocycles. The molecule has 42 heavy (non-hydrogen) atoms. The summed E-state index contributed by atoms with van der Waals surface area (Å²) in [7, 11) is 0. The van der Waals surface area contributed by atoms with Crippen molar-refractivity contribution in [3.63, 3.8) is 0 Å². The summed E-state index contributed by atoms with van der Waals surface area (Å²) >= 11 is 11.0. The second-order valence-electron chi connectivity index (χ2n) is 9.31. The summed E-state index contributed by atoms with van der Waals surface area (Å²) in [6.07, 6.45) is 0.366. The molecule has 0 spiro atoms. The van der Waals surface area contributed by atoms with Crippen molar-refractivity contribution in [1.82, 2.24) is 25.4 Å². The minimum Gasteiger partial charge on any atom is -0.477 e. The van der Waals surface area contributed by atoms with Gasteiger partial charge in [-0.25, -0.2) is 14.6 Å². The molecule has 3 N–H and O–H groups in total. The second kappa shape index (κ2) is 13.4. The average Bonchev–Trinajstić information content (AvgIpc) is 3.56. The second-order valence-corrected chi connectivity index (χ2v) is 14.1. The van der Waals surface area contributed by atoms with Gasteiger partial charge in [-0.15, -0.1) is 22.0 Å². The molecule has 2 atom stereocenters. The van der Waals surface area contributed by atoms with Gasteiger partial charge in [-0.3, -0.25) is 19.3 Å². The van der Waals surface area contributed by atoms with E-state index in [0.717, 1.165) is 16.2 Å². The highest BCUT2D eigenvalue weighted by Gasteiger charge is 2.54. The fourth-order valence-electron chi connectivity index (χ4n) is 3.65. The molecular weight excluding hydrogens is 654 g/mol. The highest BCUT2D eigenvalue weighted by Crippen LogP contribution is 2.41. The Morgan fingerprint density at radius 2 is 2.12 bits per heavy atom. The van der Waals surface area contributed by atoms with Crippen molar-refractivity contribution < 1.29 is 38.7 Å². The predicted molar refractivity (Wildman–Crippen MR) is 155 cm³/mol. The van der Waals surface area contributed by atoms with Crippen LogP contribution in [0.2, 0.25) is 4.34 Å². The number of ether oxygens (including phenoxy) is 1. The number of carbonyl (C=O) groups excluding carboxylic acids is 4. The number of rotatable bonds is 12. The van der Waals surface area contributed by atoms with Crippen LogP contribution in [0.25, 0.3) is 0 Å². The van der Waals surface area contributed by atoms with Crippen molar-refractivity contribution in [2.75, 3.05) is 23.4 Å². The SMILES string of the molecule is CC(C)(C)OC(=O)CON=C(C(=O)NC1C(=O)N2C(C(=O)O)=C(CSc3nncs3)CS[C@H]12)c1nc(NC=O)sc1Cl. The largest absolute Gasteiger partial charge is 0.477 e. The first kappa shape index (κ1) is 31.7. The van der Waals surface area contributed by atoms with Crippen molar-refractivity contribution in [3.8, 4) is 0 Å². The number of β-lactam (4-membered cyclic amide) rings is 1. The molecule has 224 valence electrons. The van der Waals surface area contributed by atoms with E-state index in [-0.39, 0.29) is 20.9 Å². The number of aromatic nitrogens is 3. The Hall–Kier alpha value is -3.26. The Morgan fingerprint density at radius 3 is 2.76 bits per heavy atom. The molecule has 4 rings (SSSR count). The van der Waals surface area contributed by atoms with Crippen molar-refractivity contribution in [1.29, 1.82) is 0 Å². The van der Waals surface area contributed by atoms with Gasteiger partial charge in [0.25, 0.3) is 11.8 Å². The molecular formula is C22H22ClN7O8S4. The molecule has 0 aromatic carbocycles. The Kier molecular flexibility index (Phi) is 10.1. The molecule has 2 aliphatic rings. The van der Waals surface area contributed by atoms with E-state index in [9.17, 15) is 29.1 Å². The number of thiazole rings is 1. The summed E-state index contributed by atoms with van der Waals surface area (Å²) in [6, 6.07) is -1.10. The molecule has 3 amide bonds. The van der Waals surface area contributed by atoms with Crippen LogP contribution in [0.15, 0.2) is 26.3 Å². The number of thioether (sulfide) groups is 2. The summed E-state index contributed by atoms with van der Waals surface area (Å²) in [5.41, 5.74) is 0.512. The van der Waals surface area contributed by atoms with Crippen LogP contribution in [0.3, 0.4) is 0 Å². The monoisotopic (exact) mass is 675 g/mol. The van der Waals surface area contributed by atoms with Crippen molar-refractivity contribution >= 4 is 98.8 Å². The van der Waals surface area contributed by atoms with Crippen LogP contribution in [-0.4, -0.2) is 96.2 Å². The van der Waals surface area contributed by atoms with Crippen molar-refractivity contribution in [2.24, 2.45) is 5.16 Å². The molecule has 0 radical (unpaired) electrons. The number of esters is 1. The Labute approximate surface area is 259 Å². The first-order chi connectivity index (χ1) is 19.9. The maximum absolute atomic E-state index is 13.4. The quantitative estimate of drug-likeness (QED) is 0.0735. The van der Waals surface area contributed by atoms with Gasteiger partial charge >= 0.3 is 11.9 Å². The van der Waals surface area contributed by atoms with E-state index in [2.05, 4.69) is 31.0 Å². The van der Waals surface area contributed by atoms with Crippen LogP contribution in [-0.2, 0) is 33.5 Å². The van der Waals surface area contributed by atoms with Gasteiger partial charge < -0.3 is 25.3 Å². The summed E-state index contributed by atoms with van der Waals surface area (Å²) in [5, 5.41) is 25.5. The number of anilines is 1. The zero-order valence-corrected chi connectivity index (χ0v) is 26.0. The third kappa shape index (κ3) is 7.38. The summed E-state index contributed by atoms with van der Waals surface area (Å²) in [4.78, 5) is 71.8. The molecule has 2 aromatic rings. The molecule has 20 heteroatoms. The highest BCUT2D eigenvalue weighted by atomic mass is 35.5. The smallest absolute Gasteiger partial charge is 0.352 e. The van der Waals surface area contributed by atoms with Crippen molar-refractivity contribution in [2.45, 2.75) is 42.1 Å². The molecule has 2 aliphatic heterocycles.